The molecule has 1 aromatic heterocycles. The van der Waals surface area contributed by atoms with Crippen molar-refractivity contribution < 1.29 is 9.53 Å². The summed E-state index contributed by atoms with van der Waals surface area (Å²) in [4.78, 5) is 21.4. The number of hydrogen-bond donors (Lipinski definition) is 0. The van der Waals surface area contributed by atoms with Gasteiger partial charge in [0.05, 0.1) is 23.4 Å². The molecule has 2 aromatic rings. The summed E-state index contributed by atoms with van der Waals surface area (Å²) in [7, 11) is 1.56. The van der Waals surface area contributed by atoms with Gasteiger partial charge in [-0.3, -0.25) is 9.69 Å². The third kappa shape index (κ3) is 3.88. The third-order valence-corrected chi connectivity index (χ3v) is 5.16. The third-order valence-electron chi connectivity index (χ3n) is 4.10. The first kappa shape index (κ1) is 17.2. The average Bonchev–Trinajstić information content (AvgIpc) is 3.00. The van der Waals surface area contributed by atoms with Gasteiger partial charge in [-0.2, -0.15) is 0 Å². The largest absolute Gasteiger partial charge is 0.496 e. The Balaban J connectivity index is 1.62. The zero-order valence-electron chi connectivity index (χ0n) is 13.8. The number of methoxy groups -OCH3 is 1. The molecular weight excluding hydrogens is 346 g/mol. The number of rotatable bonds is 4. The van der Waals surface area contributed by atoms with Gasteiger partial charge in [-0.25, -0.2) is 4.98 Å². The summed E-state index contributed by atoms with van der Waals surface area (Å²) in [6.45, 7) is 5.92. The summed E-state index contributed by atoms with van der Waals surface area (Å²) in [6, 6.07) is 5.13. The van der Waals surface area contributed by atoms with Crippen LogP contribution in [0.5, 0.6) is 5.75 Å². The molecule has 0 aliphatic carbocycles. The van der Waals surface area contributed by atoms with Crippen molar-refractivity contribution in [3.05, 3.63) is 44.9 Å². The summed E-state index contributed by atoms with van der Waals surface area (Å²) in [5, 5.41) is 3.73. The fourth-order valence-electron chi connectivity index (χ4n) is 2.84. The molecule has 0 unspecified atom stereocenters. The SMILES string of the molecule is COc1ccc(Cl)cc1C(=O)N1CCN(Cc2csc(C)n2)CC1. The molecule has 1 saturated heterocycles. The van der Waals surface area contributed by atoms with Crippen molar-refractivity contribution in [2.24, 2.45) is 0 Å². The van der Waals surface area contributed by atoms with Crippen LogP contribution in [-0.2, 0) is 6.54 Å². The highest BCUT2D eigenvalue weighted by molar-refractivity contribution is 7.09. The van der Waals surface area contributed by atoms with E-state index in [1.54, 1.807) is 36.6 Å². The smallest absolute Gasteiger partial charge is 0.257 e. The van der Waals surface area contributed by atoms with Crippen molar-refractivity contribution in [3.8, 4) is 5.75 Å². The molecule has 0 atom stereocenters. The zero-order chi connectivity index (χ0) is 17.1. The van der Waals surface area contributed by atoms with Crippen molar-refractivity contribution in [1.82, 2.24) is 14.8 Å². The molecule has 0 N–H and O–H groups in total. The lowest BCUT2D eigenvalue weighted by molar-refractivity contribution is 0.0624. The van der Waals surface area contributed by atoms with Crippen LogP contribution in [0.15, 0.2) is 23.6 Å². The number of carbonyl (C=O) groups is 1. The Hall–Kier alpha value is -1.63. The summed E-state index contributed by atoms with van der Waals surface area (Å²) < 4.78 is 5.29. The second kappa shape index (κ2) is 7.51. The number of hydrogen-bond acceptors (Lipinski definition) is 5. The summed E-state index contributed by atoms with van der Waals surface area (Å²) in [5.41, 5.74) is 1.63. The average molecular weight is 366 g/mol. The summed E-state index contributed by atoms with van der Waals surface area (Å²) >= 11 is 7.70. The van der Waals surface area contributed by atoms with E-state index in [1.807, 2.05) is 11.8 Å². The number of aromatic nitrogens is 1. The lowest BCUT2D eigenvalue weighted by Gasteiger charge is -2.34. The number of amides is 1. The number of nitrogens with zero attached hydrogens (tertiary/aromatic N) is 3. The minimum absolute atomic E-state index is 0.0292. The van der Waals surface area contributed by atoms with Crippen LogP contribution in [0.25, 0.3) is 0 Å². The van der Waals surface area contributed by atoms with E-state index in [2.05, 4.69) is 15.3 Å². The van der Waals surface area contributed by atoms with Crippen LogP contribution in [0.3, 0.4) is 0 Å². The van der Waals surface area contributed by atoms with E-state index in [9.17, 15) is 4.79 Å². The molecule has 3 rings (SSSR count). The maximum atomic E-state index is 12.8. The Kier molecular flexibility index (Phi) is 5.38. The Morgan fingerprint density at radius 2 is 2.08 bits per heavy atom. The van der Waals surface area contributed by atoms with Crippen molar-refractivity contribution in [1.29, 1.82) is 0 Å². The molecule has 0 radical (unpaired) electrons. The van der Waals surface area contributed by atoms with Crippen LogP contribution in [0.4, 0.5) is 0 Å². The van der Waals surface area contributed by atoms with E-state index in [-0.39, 0.29) is 5.91 Å². The van der Waals surface area contributed by atoms with Gasteiger partial charge in [-0.05, 0) is 25.1 Å². The molecule has 1 amide bonds. The second-order valence-electron chi connectivity index (χ2n) is 5.77. The molecule has 24 heavy (non-hydrogen) atoms. The van der Waals surface area contributed by atoms with E-state index in [1.165, 1.54) is 0 Å². The highest BCUT2D eigenvalue weighted by atomic mass is 35.5. The van der Waals surface area contributed by atoms with Gasteiger partial charge >= 0.3 is 0 Å². The number of halogens is 1. The molecule has 0 bridgehead atoms. The zero-order valence-corrected chi connectivity index (χ0v) is 15.4. The summed E-state index contributed by atoms with van der Waals surface area (Å²) in [5.74, 6) is 0.531. The normalized spacial score (nSPS) is 15.5. The Bertz CT molecular complexity index is 726. The van der Waals surface area contributed by atoms with Crippen molar-refractivity contribution in [3.63, 3.8) is 0 Å². The fraction of sp³-hybridized carbons (Fsp3) is 0.412. The topological polar surface area (TPSA) is 45.7 Å². The van der Waals surface area contributed by atoms with E-state index < -0.39 is 0 Å². The number of piperazine rings is 1. The van der Waals surface area contributed by atoms with Crippen molar-refractivity contribution in [2.75, 3.05) is 33.3 Å². The van der Waals surface area contributed by atoms with Gasteiger partial charge in [0.1, 0.15) is 5.75 Å². The van der Waals surface area contributed by atoms with E-state index >= 15 is 0 Å². The lowest BCUT2D eigenvalue weighted by atomic mass is 10.1. The maximum absolute atomic E-state index is 12.8. The molecule has 1 aliphatic heterocycles. The molecule has 5 nitrogen and oxygen atoms in total. The molecule has 7 heteroatoms. The number of ether oxygens (including phenoxy) is 1. The molecular formula is C17H20ClN3O2S. The van der Waals surface area contributed by atoms with Gasteiger partial charge in [0.25, 0.3) is 5.91 Å². The number of carbonyl (C=O) groups excluding carboxylic acids is 1. The molecule has 0 spiro atoms. The molecule has 0 saturated carbocycles. The van der Waals surface area contributed by atoms with E-state index in [0.29, 0.717) is 29.4 Å². The predicted octanol–water partition coefficient (Wildman–Crippen LogP) is 3.07. The maximum Gasteiger partial charge on any atom is 0.257 e. The van der Waals surface area contributed by atoms with Gasteiger partial charge in [0, 0.05) is 43.1 Å². The molecule has 1 fully saturated rings. The monoisotopic (exact) mass is 365 g/mol. The van der Waals surface area contributed by atoms with Crippen LogP contribution in [-0.4, -0.2) is 54.0 Å². The van der Waals surface area contributed by atoms with Crippen LogP contribution < -0.4 is 4.74 Å². The number of benzene rings is 1. The highest BCUT2D eigenvalue weighted by Crippen LogP contribution is 2.24. The van der Waals surface area contributed by atoms with Crippen LogP contribution >= 0.6 is 22.9 Å². The first-order valence-electron chi connectivity index (χ1n) is 7.83. The highest BCUT2D eigenvalue weighted by Gasteiger charge is 2.24. The van der Waals surface area contributed by atoms with Crippen molar-refractivity contribution >= 4 is 28.8 Å². The van der Waals surface area contributed by atoms with E-state index in [4.69, 9.17) is 16.3 Å². The number of thiazole rings is 1. The quantitative estimate of drug-likeness (QED) is 0.835. The molecule has 1 aromatic carbocycles. The van der Waals surface area contributed by atoms with Crippen LogP contribution in [0.1, 0.15) is 21.1 Å². The van der Waals surface area contributed by atoms with Gasteiger partial charge in [-0.1, -0.05) is 11.6 Å². The fourth-order valence-corrected chi connectivity index (χ4v) is 3.61. The van der Waals surface area contributed by atoms with Crippen LogP contribution in [0, 0.1) is 6.92 Å². The first-order valence-corrected chi connectivity index (χ1v) is 9.09. The minimum atomic E-state index is -0.0292. The minimum Gasteiger partial charge on any atom is -0.496 e. The predicted molar refractivity (Wildman–Crippen MR) is 96.0 cm³/mol. The van der Waals surface area contributed by atoms with Crippen LogP contribution in [0.2, 0.25) is 5.02 Å². The van der Waals surface area contributed by atoms with Gasteiger partial charge in [-0.15, -0.1) is 11.3 Å². The standard InChI is InChI=1S/C17H20ClN3O2S/c1-12-19-14(11-24-12)10-20-5-7-21(8-6-20)17(22)15-9-13(18)3-4-16(15)23-2/h3-4,9,11H,5-8,10H2,1-2H3. The Labute approximate surface area is 150 Å². The summed E-state index contributed by atoms with van der Waals surface area (Å²) in [6.07, 6.45) is 0. The van der Waals surface area contributed by atoms with Gasteiger partial charge < -0.3 is 9.64 Å². The van der Waals surface area contributed by atoms with E-state index in [0.717, 1.165) is 30.3 Å². The van der Waals surface area contributed by atoms with Gasteiger partial charge in [0.15, 0.2) is 0 Å². The second-order valence-corrected chi connectivity index (χ2v) is 7.27. The molecule has 128 valence electrons. The Morgan fingerprint density at radius 1 is 1.33 bits per heavy atom. The number of aryl methyl sites for hydroxylation is 1. The van der Waals surface area contributed by atoms with Crippen molar-refractivity contribution in [2.45, 2.75) is 13.5 Å². The molecule has 2 heterocycles. The lowest BCUT2D eigenvalue weighted by Crippen LogP contribution is -2.48. The Morgan fingerprint density at radius 3 is 2.71 bits per heavy atom. The first-order chi connectivity index (χ1) is 11.6. The van der Waals surface area contributed by atoms with Gasteiger partial charge in [0.2, 0.25) is 0 Å². The molecule has 1 aliphatic rings.